The first-order chi connectivity index (χ1) is 8.35. The summed E-state index contributed by atoms with van der Waals surface area (Å²) >= 11 is 0. The van der Waals surface area contributed by atoms with Gasteiger partial charge in [0, 0.05) is 6.61 Å². The van der Waals surface area contributed by atoms with Crippen LogP contribution in [0.2, 0.25) is 0 Å². The van der Waals surface area contributed by atoms with Crippen LogP contribution in [0.3, 0.4) is 0 Å². The Bertz CT molecular complexity index is 368. The van der Waals surface area contributed by atoms with Crippen LogP contribution in [0.25, 0.3) is 0 Å². The number of hydrogen-bond acceptors (Lipinski definition) is 3. The summed E-state index contributed by atoms with van der Waals surface area (Å²) in [7, 11) is 0.340. The van der Waals surface area contributed by atoms with E-state index in [1.807, 2.05) is 18.2 Å². The van der Waals surface area contributed by atoms with Gasteiger partial charge in [0.2, 0.25) is 5.75 Å². The molecule has 1 atom stereocenters. The Kier molecular flexibility index (Phi) is 4.45. The van der Waals surface area contributed by atoms with Crippen molar-refractivity contribution in [1.82, 2.24) is 0 Å². The number of fused-ring (bicyclic) bond motifs is 1. The highest BCUT2D eigenvalue weighted by atomic mass is 28.2. The van der Waals surface area contributed by atoms with Gasteiger partial charge in [-0.2, -0.15) is 0 Å². The molecule has 0 aliphatic carbocycles. The van der Waals surface area contributed by atoms with Crippen molar-refractivity contribution in [1.29, 1.82) is 0 Å². The molecule has 2 rings (SSSR count). The van der Waals surface area contributed by atoms with Gasteiger partial charge in [-0.3, -0.25) is 0 Å². The molecule has 0 amide bonds. The summed E-state index contributed by atoms with van der Waals surface area (Å²) in [5, 5.41) is 0. The molecule has 1 aromatic rings. The van der Waals surface area contributed by atoms with Gasteiger partial charge < -0.3 is 13.9 Å². The third-order valence-electron chi connectivity index (χ3n) is 2.60. The molecule has 1 aliphatic rings. The lowest BCUT2D eigenvalue weighted by Gasteiger charge is -2.14. The first-order valence-corrected chi connectivity index (χ1v) is 7.18. The van der Waals surface area contributed by atoms with Crippen LogP contribution in [0.1, 0.15) is 33.1 Å². The summed E-state index contributed by atoms with van der Waals surface area (Å²) in [6.45, 7) is 5.12. The predicted molar refractivity (Wildman–Crippen MR) is 67.8 cm³/mol. The number of unbranched alkanes of at least 4 members (excludes halogenated alkanes) is 1. The van der Waals surface area contributed by atoms with Crippen molar-refractivity contribution in [3.63, 3.8) is 0 Å². The molecule has 1 aromatic carbocycles. The third-order valence-corrected chi connectivity index (χ3v) is 3.78. The molecule has 3 nitrogen and oxygen atoms in total. The molecule has 0 N–H and O–H groups in total. The van der Waals surface area contributed by atoms with Crippen molar-refractivity contribution in [2.24, 2.45) is 0 Å². The molecule has 17 heavy (non-hydrogen) atoms. The fraction of sp³-hybridized carbons (Fsp3) is 0.538. The first-order valence-electron chi connectivity index (χ1n) is 6.20. The van der Waals surface area contributed by atoms with E-state index in [2.05, 4.69) is 13.8 Å². The van der Waals surface area contributed by atoms with Crippen molar-refractivity contribution in [2.75, 3.05) is 6.61 Å². The van der Waals surface area contributed by atoms with Crippen LogP contribution < -0.4 is 9.16 Å². The predicted octanol–water partition coefficient (Wildman–Crippen LogP) is 3.34. The highest BCUT2D eigenvalue weighted by Gasteiger charge is 2.25. The topological polar surface area (TPSA) is 31.0 Å². The maximum Gasteiger partial charge on any atom is 0.343 e. The van der Waals surface area contributed by atoms with E-state index in [1.54, 1.807) is 0 Å². The Hall–Kier alpha value is -1.00. The van der Waals surface area contributed by atoms with Crippen LogP contribution >= 0.6 is 0 Å². The van der Waals surface area contributed by atoms with Gasteiger partial charge in [0.1, 0.15) is 0 Å². The summed E-state index contributed by atoms with van der Waals surface area (Å²) in [6, 6.07) is 5.84. The second-order valence-electron chi connectivity index (χ2n) is 4.03. The van der Waals surface area contributed by atoms with Crippen LogP contribution in [0.5, 0.6) is 17.2 Å². The molecular weight excluding hydrogens is 232 g/mol. The second kappa shape index (κ2) is 6.07. The van der Waals surface area contributed by atoms with Gasteiger partial charge >= 0.3 is 9.76 Å². The van der Waals surface area contributed by atoms with Crippen LogP contribution in [0.4, 0.5) is 0 Å². The fourth-order valence-electron chi connectivity index (χ4n) is 1.48. The van der Waals surface area contributed by atoms with Crippen molar-refractivity contribution in [2.45, 2.75) is 38.8 Å². The average molecular weight is 250 g/mol. The van der Waals surface area contributed by atoms with E-state index in [-0.39, 0.29) is 5.73 Å². The largest absolute Gasteiger partial charge is 0.535 e. The summed E-state index contributed by atoms with van der Waals surface area (Å²) in [5.41, 5.74) is 0.205. The number of benzene rings is 1. The zero-order chi connectivity index (χ0) is 12.1. The van der Waals surface area contributed by atoms with Crippen molar-refractivity contribution >= 4 is 9.76 Å². The summed E-state index contributed by atoms with van der Waals surface area (Å²) in [4.78, 5) is 0. The van der Waals surface area contributed by atoms with Gasteiger partial charge in [0.15, 0.2) is 11.5 Å². The van der Waals surface area contributed by atoms with Crippen LogP contribution in [0.15, 0.2) is 18.2 Å². The van der Waals surface area contributed by atoms with Crippen molar-refractivity contribution in [3.8, 4) is 17.2 Å². The van der Waals surface area contributed by atoms with Crippen molar-refractivity contribution < 1.29 is 13.9 Å². The number of ether oxygens (including phenoxy) is 2. The molecular formula is C13H18O3Si. The number of para-hydroxylation sites is 1. The molecule has 2 radical (unpaired) electrons. The van der Waals surface area contributed by atoms with E-state index >= 15 is 0 Å². The highest BCUT2D eigenvalue weighted by Crippen LogP contribution is 2.51. The molecule has 4 heteroatoms. The minimum Gasteiger partial charge on any atom is -0.535 e. The molecule has 1 unspecified atom stereocenters. The SMILES string of the molecule is CCCCOC(CC)[Si]Oc1cccc2c1O2. The Labute approximate surface area is 105 Å². The van der Waals surface area contributed by atoms with Gasteiger partial charge in [-0.15, -0.1) is 0 Å². The lowest BCUT2D eigenvalue weighted by molar-refractivity contribution is 0.0937. The lowest BCUT2D eigenvalue weighted by Crippen LogP contribution is -2.25. The summed E-state index contributed by atoms with van der Waals surface area (Å²) in [5.74, 6) is 2.68. The molecule has 1 aliphatic heterocycles. The fourth-order valence-corrected chi connectivity index (χ4v) is 2.25. The zero-order valence-electron chi connectivity index (χ0n) is 10.4. The maximum absolute atomic E-state index is 5.76. The molecule has 0 spiro atoms. The van der Waals surface area contributed by atoms with E-state index in [0.717, 1.165) is 36.7 Å². The van der Waals surface area contributed by atoms with E-state index in [1.165, 1.54) is 6.42 Å². The van der Waals surface area contributed by atoms with E-state index in [4.69, 9.17) is 13.9 Å². The highest BCUT2D eigenvalue weighted by molar-refractivity contribution is 6.30. The molecule has 0 bridgehead atoms. The van der Waals surface area contributed by atoms with Crippen LogP contribution in [-0.4, -0.2) is 22.1 Å². The maximum atomic E-state index is 5.76. The molecule has 1 heterocycles. The third kappa shape index (κ3) is 3.48. The second-order valence-corrected chi connectivity index (χ2v) is 5.11. The Balaban J connectivity index is 1.75. The van der Waals surface area contributed by atoms with Gasteiger partial charge in [-0.05, 0) is 25.0 Å². The summed E-state index contributed by atoms with van der Waals surface area (Å²) in [6.07, 6.45) is 3.27. The Morgan fingerprint density at radius 2 is 2.24 bits per heavy atom. The minimum atomic E-state index is 0.205. The molecule has 0 saturated carbocycles. The zero-order valence-corrected chi connectivity index (χ0v) is 11.4. The standard InChI is InChI=1S/C13H18O3Si/c1-3-5-9-14-12(4-2)17-16-11-8-6-7-10-13(11)15-10/h6-8,12H,3-5,9H2,1-2H3. The van der Waals surface area contributed by atoms with Crippen molar-refractivity contribution in [3.05, 3.63) is 18.2 Å². The number of rotatable bonds is 8. The first kappa shape index (κ1) is 12.5. The van der Waals surface area contributed by atoms with E-state index in [0.29, 0.717) is 9.76 Å². The Morgan fingerprint density at radius 3 is 3.00 bits per heavy atom. The normalized spacial score (nSPS) is 13.8. The van der Waals surface area contributed by atoms with Crippen LogP contribution in [0, 0.1) is 0 Å². The van der Waals surface area contributed by atoms with Gasteiger partial charge in [0.05, 0.1) is 5.73 Å². The minimum absolute atomic E-state index is 0.205. The average Bonchev–Trinajstić information content (AvgIpc) is 3.13. The smallest absolute Gasteiger partial charge is 0.343 e. The monoisotopic (exact) mass is 250 g/mol. The number of hydrogen-bond donors (Lipinski definition) is 0. The Morgan fingerprint density at radius 1 is 1.35 bits per heavy atom. The quantitative estimate of drug-likeness (QED) is 0.409. The van der Waals surface area contributed by atoms with Crippen LogP contribution in [-0.2, 0) is 4.74 Å². The van der Waals surface area contributed by atoms with E-state index in [9.17, 15) is 0 Å². The molecule has 92 valence electrons. The van der Waals surface area contributed by atoms with Gasteiger partial charge in [0.25, 0.3) is 0 Å². The molecule has 0 aromatic heterocycles. The van der Waals surface area contributed by atoms with Gasteiger partial charge in [-0.1, -0.05) is 26.3 Å². The van der Waals surface area contributed by atoms with Gasteiger partial charge in [-0.25, -0.2) is 0 Å². The molecule has 0 saturated heterocycles. The molecule has 0 fully saturated rings. The summed E-state index contributed by atoms with van der Waals surface area (Å²) < 4.78 is 16.8. The van der Waals surface area contributed by atoms with E-state index < -0.39 is 0 Å². The lowest BCUT2D eigenvalue weighted by atomic mass is 10.3.